The number of aliphatic hydroxyl groups excluding tert-OH is 3. The topological polar surface area (TPSA) is 173 Å². The Hall–Kier alpha value is -2.49. The Bertz CT molecular complexity index is 580. The fourth-order valence-electron chi connectivity index (χ4n) is 3.87. The maximum atomic E-state index is 10.2. The SMILES string of the molecule is C=CCCCCCCCCC(=O)O.C=CCCCCCCCCC(=O)O.C=CCCCCCCCCC(=O)O.OCC(O)CO. The molecule has 0 heterocycles. The van der Waals surface area contributed by atoms with Crippen molar-refractivity contribution in [3.63, 3.8) is 0 Å². The molecule has 9 nitrogen and oxygen atoms in total. The van der Waals surface area contributed by atoms with Crippen LogP contribution in [0.4, 0.5) is 0 Å². The van der Waals surface area contributed by atoms with Crippen LogP contribution >= 0.6 is 0 Å². The van der Waals surface area contributed by atoms with E-state index in [0.29, 0.717) is 19.3 Å². The first-order valence-corrected chi connectivity index (χ1v) is 17.0. The molecule has 0 bridgehead atoms. The van der Waals surface area contributed by atoms with E-state index >= 15 is 0 Å². The van der Waals surface area contributed by atoms with Gasteiger partial charge in [-0.3, -0.25) is 14.4 Å². The first kappa shape index (κ1) is 49.4. The molecule has 0 aromatic carbocycles. The summed E-state index contributed by atoms with van der Waals surface area (Å²) in [5, 5.41) is 49.1. The van der Waals surface area contributed by atoms with Gasteiger partial charge in [-0.25, -0.2) is 0 Å². The monoisotopic (exact) mass is 644 g/mol. The molecule has 0 aliphatic rings. The fourth-order valence-corrected chi connectivity index (χ4v) is 3.87. The summed E-state index contributed by atoms with van der Waals surface area (Å²) in [6.45, 7) is 10.3. The summed E-state index contributed by atoms with van der Waals surface area (Å²) in [5.74, 6) is -2.02. The molecule has 0 fully saturated rings. The summed E-state index contributed by atoms with van der Waals surface area (Å²) in [5.41, 5.74) is 0. The van der Waals surface area contributed by atoms with Crippen molar-refractivity contribution in [2.75, 3.05) is 13.2 Å². The van der Waals surface area contributed by atoms with Gasteiger partial charge in [-0.05, 0) is 57.8 Å². The number of rotatable bonds is 29. The van der Waals surface area contributed by atoms with Gasteiger partial charge in [0.2, 0.25) is 0 Å². The third-order valence-electron chi connectivity index (χ3n) is 6.57. The lowest BCUT2D eigenvalue weighted by Gasteiger charge is -1.98. The van der Waals surface area contributed by atoms with Crippen LogP contribution in [-0.2, 0) is 14.4 Å². The Morgan fingerprint density at radius 3 is 0.778 bits per heavy atom. The van der Waals surface area contributed by atoms with Crippen LogP contribution < -0.4 is 0 Å². The molecular formula is C36H68O9. The normalized spacial score (nSPS) is 9.87. The minimum absolute atomic E-state index is 0.326. The van der Waals surface area contributed by atoms with Crippen molar-refractivity contribution in [2.24, 2.45) is 0 Å². The number of hydrogen-bond acceptors (Lipinski definition) is 6. The molecule has 266 valence electrons. The van der Waals surface area contributed by atoms with Gasteiger partial charge < -0.3 is 30.6 Å². The molecule has 0 saturated carbocycles. The number of carboxylic acid groups (broad SMARTS) is 3. The van der Waals surface area contributed by atoms with Gasteiger partial charge in [-0.15, -0.1) is 19.7 Å². The second kappa shape index (κ2) is 45.9. The van der Waals surface area contributed by atoms with Gasteiger partial charge >= 0.3 is 17.9 Å². The van der Waals surface area contributed by atoms with Crippen molar-refractivity contribution in [1.82, 2.24) is 0 Å². The van der Waals surface area contributed by atoms with E-state index in [1.807, 2.05) is 18.2 Å². The van der Waals surface area contributed by atoms with Crippen LogP contribution in [0, 0.1) is 0 Å². The third kappa shape index (κ3) is 65.3. The molecule has 0 aromatic rings. The van der Waals surface area contributed by atoms with Crippen molar-refractivity contribution in [1.29, 1.82) is 0 Å². The number of unbranched alkanes of at least 4 members (excludes halogenated alkanes) is 18. The quantitative estimate of drug-likeness (QED) is 0.0345. The van der Waals surface area contributed by atoms with Crippen molar-refractivity contribution in [2.45, 2.75) is 160 Å². The molecule has 0 atom stereocenters. The molecule has 0 amide bonds. The van der Waals surface area contributed by atoms with Crippen LogP contribution in [0.2, 0.25) is 0 Å². The number of hydrogen-bond donors (Lipinski definition) is 6. The fraction of sp³-hybridized carbons (Fsp3) is 0.750. The van der Waals surface area contributed by atoms with Crippen molar-refractivity contribution in [3.05, 3.63) is 38.0 Å². The van der Waals surface area contributed by atoms with Crippen LogP contribution in [0.15, 0.2) is 38.0 Å². The molecule has 9 heteroatoms. The molecule has 45 heavy (non-hydrogen) atoms. The highest BCUT2D eigenvalue weighted by Crippen LogP contribution is 2.10. The predicted molar refractivity (Wildman–Crippen MR) is 184 cm³/mol. The van der Waals surface area contributed by atoms with E-state index in [1.165, 1.54) is 77.0 Å². The number of aliphatic carboxylic acids is 3. The summed E-state index contributed by atoms with van der Waals surface area (Å²) >= 11 is 0. The standard InChI is InChI=1S/3C11H20O2.C3H8O3/c3*1-2-3-4-5-6-7-8-9-10-11(12)13;4-1-3(6)2-5/h3*2H,1,3-10H2,(H,12,13);3-6H,1-2H2. The second-order valence-electron chi connectivity index (χ2n) is 11.0. The summed E-state index contributed by atoms with van der Waals surface area (Å²) in [7, 11) is 0. The van der Waals surface area contributed by atoms with Crippen LogP contribution in [0.25, 0.3) is 0 Å². The van der Waals surface area contributed by atoms with E-state index in [9.17, 15) is 14.4 Å². The van der Waals surface area contributed by atoms with E-state index in [4.69, 9.17) is 30.6 Å². The Morgan fingerprint density at radius 1 is 0.422 bits per heavy atom. The lowest BCUT2D eigenvalue weighted by Crippen LogP contribution is -2.15. The predicted octanol–water partition coefficient (Wildman–Crippen LogP) is 8.47. The summed E-state index contributed by atoms with van der Waals surface area (Å²) in [4.78, 5) is 30.5. The van der Waals surface area contributed by atoms with E-state index in [0.717, 1.165) is 57.8 Å². The van der Waals surface area contributed by atoms with Crippen LogP contribution in [0.3, 0.4) is 0 Å². The largest absolute Gasteiger partial charge is 0.481 e. The average molecular weight is 645 g/mol. The van der Waals surface area contributed by atoms with Gasteiger partial charge in [-0.2, -0.15) is 0 Å². The van der Waals surface area contributed by atoms with E-state index < -0.39 is 24.0 Å². The van der Waals surface area contributed by atoms with E-state index in [-0.39, 0.29) is 13.2 Å². The first-order chi connectivity index (χ1) is 21.6. The van der Waals surface area contributed by atoms with Crippen molar-refractivity contribution < 1.29 is 45.0 Å². The number of aliphatic hydroxyl groups is 3. The lowest BCUT2D eigenvalue weighted by molar-refractivity contribution is -0.138. The van der Waals surface area contributed by atoms with Gasteiger partial charge in [0.05, 0.1) is 13.2 Å². The number of carboxylic acids is 3. The van der Waals surface area contributed by atoms with Gasteiger partial charge in [0.1, 0.15) is 6.10 Å². The molecule has 0 saturated heterocycles. The molecule has 0 rings (SSSR count). The zero-order chi connectivity index (χ0) is 34.8. The highest BCUT2D eigenvalue weighted by molar-refractivity contribution is 5.67. The first-order valence-electron chi connectivity index (χ1n) is 17.0. The minimum atomic E-state index is -0.954. The number of allylic oxidation sites excluding steroid dienone is 3. The Labute approximate surface area is 274 Å². The van der Waals surface area contributed by atoms with Gasteiger partial charge in [-0.1, -0.05) is 95.3 Å². The molecule has 0 radical (unpaired) electrons. The van der Waals surface area contributed by atoms with Gasteiger partial charge in [0, 0.05) is 19.3 Å². The van der Waals surface area contributed by atoms with E-state index in [1.54, 1.807) is 0 Å². The van der Waals surface area contributed by atoms with Crippen LogP contribution in [0.5, 0.6) is 0 Å². The summed E-state index contributed by atoms with van der Waals surface area (Å²) in [6.07, 6.45) is 29.5. The second-order valence-corrected chi connectivity index (χ2v) is 11.0. The molecular weight excluding hydrogens is 576 g/mol. The zero-order valence-corrected chi connectivity index (χ0v) is 28.2. The molecule has 0 aliphatic carbocycles. The molecule has 0 aliphatic heterocycles. The molecule has 6 N–H and O–H groups in total. The highest BCUT2D eigenvalue weighted by atomic mass is 16.4. The molecule has 0 aromatic heterocycles. The Kier molecular flexibility index (Phi) is 50.4. The summed E-state index contributed by atoms with van der Waals surface area (Å²) < 4.78 is 0. The average Bonchev–Trinajstić information content (AvgIpc) is 3.01. The summed E-state index contributed by atoms with van der Waals surface area (Å²) in [6, 6.07) is 0. The van der Waals surface area contributed by atoms with E-state index in [2.05, 4.69) is 19.7 Å². The van der Waals surface area contributed by atoms with Crippen molar-refractivity contribution >= 4 is 17.9 Å². The Balaban J connectivity index is -0.000000257. The smallest absolute Gasteiger partial charge is 0.303 e. The zero-order valence-electron chi connectivity index (χ0n) is 28.2. The maximum absolute atomic E-state index is 10.2. The van der Waals surface area contributed by atoms with Crippen molar-refractivity contribution in [3.8, 4) is 0 Å². The highest BCUT2D eigenvalue weighted by Gasteiger charge is 1.98. The van der Waals surface area contributed by atoms with Gasteiger partial charge in [0.25, 0.3) is 0 Å². The molecule has 0 unspecified atom stereocenters. The minimum Gasteiger partial charge on any atom is -0.481 e. The van der Waals surface area contributed by atoms with Crippen LogP contribution in [-0.4, -0.2) is 67.9 Å². The number of carbonyl (C=O) groups is 3. The maximum Gasteiger partial charge on any atom is 0.303 e. The molecule has 0 spiro atoms. The lowest BCUT2D eigenvalue weighted by atomic mass is 10.1. The van der Waals surface area contributed by atoms with Crippen LogP contribution in [0.1, 0.15) is 154 Å². The third-order valence-corrected chi connectivity index (χ3v) is 6.57. The van der Waals surface area contributed by atoms with Gasteiger partial charge in [0.15, 0.2) is 0 Å². The Morgan fingerprint density at radius 2 is 0.622 bits per heavy atom.